The minimum Gasteiger partial charge on any atom is -0.487 e. The van der Waals surface area contributed by atoms with Gasteiger partial charge in [-0.1, -0.05) is 0 Å². The molecule has 0 saturated heterocycles. The van der Waals surface area contributed by atoms with Crippen molar-refractivity contribution in [2.75, 3.05) is 45.4 Å². The number of rotatable bonds is 10. The van der Waals surface area contributed by atoms with Crippen LogP contribution in [-0.2, 0) is 9.47 Å². The molecule has 0 radical (unpaired) electrons. The molecule has 7 nitrogen and oxygen atoms in total. The minimum atomic E-state index is 0.0882. The van der Waals surface area contributed by atoms with Gasteiger partial charge >= 0.3 is 0 Å². The normalized spacial score (nSPS) is 11.0. The third-order valence-electron chi connectivity index (χ3n) is 3.14. The molecule has 0 saturated carbocycles. The van der Waals surface area contributed by atoms with Crippen LogP contribution in [0.4, 0.5) is 5.82 Å². The van der Waals surface area contributed by atoms with E-state index in [-0.39, 0.29) is 5.28 Å². The maximum atomic E-state index is 5.92. The Bertz CT molecular complexity index is 669. The molecule has 2 N–H and O–H groups in total. The Kier molecular flexibility index (Phi) is 7.30. The van der Waals surface area contributed by atoms with Gasteiger partial charge in [0.05, 0.1) is 18.7 Å². The summed E-state index contributed by atoms with van der Waals surface area (Å²) in [5.74, 6) is 1.39. The highest BCUT2D eigenvalue weighted by Gasteiger charge is 2.12. The molecule has 1 aromatic carbocycles. The first-order chi connectivity index (χ1) is 11.7. The Hall–Kier alpha value is -1.83. The zero-order valence-electron chi connectivity index (χ0n) is 13.9. The third kappa shape index (κ3) is 5.09. The molecule has 0 unspecified atom stereocenters. The van der Waals surface area contributed by atoms with E-state index in [1.54, 1.807) is 12.1 Å². The first kappa shape index (κ1) is 18.5. The van der Waals surface area contributed by atoms with Crippen LogP contribution < -0.4 is 15.2 Å². The SMILES string of the molecule is CCOCCOc1cc2nc(Cl)nc(N)c2cc1OCCOCC. The summed E-state index contributed by atoms with van der Waals surface area (Å²) in [5, 5.41) is 0.744. The van der Waals surface area contributed by atoms with Crippen LogP contribution in [0.5, 0.6) is 11.5 Å². The summed E-state index contributed by atoms with van der Waals surface area (Å²) >= 11 is 5.87. The molecule has 0 spiro atoms. The van der Waals surface area contributed by atoms with Gasteiger partial charge in [-0.15, -0.1) is 0 Å². The van der Waals surface area contributed by atoms with E-state index in [2.05, 4.69) is 9.97 Å². The molecule has 0 aliphatic carbocycles. The Morgan fingerprint density at radius 3 is 2.08 bits per heavy atom. The lowest BCUT2D eigenvalue weighted by Crippen LogP contribution is -2.10. The van der Waals surface area contributed by atoms with Crippen molar-refractivity contribution >= 4 is 28.3 Å². The number of nitrogens with zero attached hydrogens (tertiary/aromatic N) is 2. The maximum absolute atomic E-state index is 5.92. The van der Waals surface area contributed by atoms with E-state index in [0.717, 1.165) is 0 Å². The number of aromatic nitrogens is 2. The Balaban J connectivity index is 2.23. The average Bonchev–Trinajstić information content (AvgIpc) is 2.56. The fraction of sp³-hybridized carbons (Fsp3) is 0.500. The van der Waals surface area contributed by atoms with E-state index < -0.39 is 0 Å². The summed E-state index contributed by atoms with van der Waals surface area (Å²) in [6, 6.07) is 3.49. The molecule has 0 bridgehead atoms. The van der Waals surface area contributed by atoms with E-state index in [1.807, 2.05) is 13.8 Å². The van der Waals surface area contributed by atoms with E-state index in [0.29, 0.717) is 67.9 Å². The predicted molar refractivity (Wildman–Crippen MR) is 92.9 cm³/mol. The lowest BCUT2D eigenvalue weighted by Gasteiger charge is -2.14. The Morgan fingerprint density at radius 1 is 0.917 bits per heavy atom. The van der Waals surface area contributed by atoms with Crippen molar-refractivity contribution in [1.29, 1.82) is 0 Å². The van der Waals surface area contributed by atoms with Crippen molar-refractivity contribution in [2.24, 2.45) is 0 Å². The quantitative estimate of drug-likeness (QED) is 0.517. The number of hydrogen-bond acceptors (Lipinski definition) is 7. The molecule has 0 aliphatic heterocycles. The highest BCUT2D eigenvalue weighted by atomic mass is 35.5. The van der Waals surface area contributed by atoms with Gasteiger partial charge in [0.2, 0.25) is 5.28 Å². The molecule has 0 aliphatic rings. The summed E-state index contributed by atoms with van der Waals surface area (Å²) in [6.07, 6.45) is 0. The number of ether oxygens (including phenoxy) is 4. The van der Waals surface area contributed by atoms with Crippen molar-refractivity contribution in [3.63, 3.8) is 0 Å². The van der Waals surface area contributed by atoms with E-state index in [9.17, 15) is 0 Å². The molecule has 0 fully saturated rings. The number of benzene rings is 1. The Labute approximate surface area is 146 Å². The van der Waals surface area contributed by atoms with Gasteiger partial charge in [0.25, 0.3) is 0 Å². The van der Waals surface area contributed by atoms with E-state index in [1.165, 1.54) is 0 Å². The topological polar surface area (TPSA) is 88.7 Å². The first-order valence-corrected chi connectivity index (χ1v) is 8.21. The van der Waals surface area contributed by atoms with Gasteiger partial charge in [-0.2, -0.15) is 0 Å². The summed E-state index contributed by atoms with van der Waals surface area (Å²) in [7, 11) is 0. The van der Waals surface area contributed by atoms with Crippen LogP contribution in [-0.4, -0.2) is 49.6 Å². The number of halogens is 1. The molecule has 8 heteroatoms. The van der Waals surface area contributed by atoms with Crippen LogP contribution in [0.1, 0.15) is 13.8 Å². The van der Waals surface area contributed by atoms with Gasteiger partial charge in [0.15, 0.2) is 11.5 Å². The number of fused-ring (bicyclic) bond motifs is 1. The second-order valence-corrected chi connectivity index (χ2v) is 5.12. The fourth-order valence-corrected chi connectivity index (χ4v) is 2.25. The standard InChI is InChI=1S/C16H22ClN3O4/c1-3-21-5-7-23-13-9-11-12(19-16(17)20-15(11)18)10-14(13)24-8-6-22-4-2/h9-10H,3-8H2,1-2H3,(H2,18,19,20). The molecule has 1 heterocycles. The fourth-order valence-electron chi connectivity index (χ4n) is 2.07. The lowest BCUT2D eigenvalue weighted by atomic mass is 10.2. The van der Waals surface area contributed by atoms with Gasteiger partial charge in [-0.25, -0.2) is 9.97 Å². The van der Waals surface area contributed by atoms with Crippen molar-refractivity contribution < 1.29 is 18.9 Å². The predicted octanol–water partition coefficient (Wildman–Crippen LogP) is 2.70. The smallest absolute Gasteiger partial charge is 0.224 e. The minimum absolute atomic E-state index is 0.0882. The molecule has 24 heavy (non-hydrogen) atoms. The summed E-state index contributed by atoms with van der Waals surface area (Å²) in [5.41, 5.74) is 6.51. The summed E-state index contributed by atoms with van der Waals surface area (Å²) in [4.78, 5) is 8.14. The van der Waals surface area contributed by atoms with Crippen LogP contribution in [0.3, 0.4) is 0 Å². The molecule has 2 aromatic rings. The molecule has 0 amide bonds. The average molecular weight is 356 g/mol. The van der Waals surface area contributed by atoms with Crippen molar-refractivity contribution in [3.8, 4) is 11.5 Å². The number of nitrogens with two attached hydrogens (primary N) is 1. The first-order valence-electron chi connectivity index (χ1n) is 7.83. The summed E-state index contributed by atoms with van der Waals surface area (Å²) < 4.78 is 22.1. The van der Waals surface area contributed by atoms with Gasteiger partial charge in [-0.3, -0.25) is 0 Å². The zero-order chi connectivity index (χ0) is 17.4. The van der Waals surface area contributed by atoms with Crippen molar-refractivity contribution in [1.82, 2.24) is 9.97 Å². The second-order valence-electron chi connectivity index (χ2n) is 4.78. The molecule has 1 aromatic heterocycles. The van der Waals surface area contributed by atoms with Crippen molar-refractivity contribution in [3.05, 3.63) is 17.4 Å². The zero-order valence-corrected chi connectivity index (χ0v) is 14.6. The number of anilines is 1. The van der Waals surface area contributed by atoms with Crippen molar-refractivity contribution in [2.45, 2.75) is 13.8 Å². The van der Waals surface area contributed by atoms with Crippen LogP contribution in [0.25, 0.3) is 10.9 Å². The third-order valence-corrected chi connectivity index (χ3v) is 3.31. The molecule has 2 rings (SSSR count). The number of hydrogen-bond donors (Lipinski definition) is 1. The van der Waals surface area contributed by atoms with E-state index in [4.69, 9.17) is 36.3 Å². The monoisotopic (exact) mass is 355 g/mol. The van der Waals surface area contributed by atoms with Crippen LogP contribution in [0.2, 0.25) is 5.28 Å². The molecule has 132 valence electrons. The highest BCUT2D eigenvalue weighted by Crippen LogP contribution is 2.34. The van der Waals surface area contributed by atoms with Crippen LogP contribution >= 0.6 is 11.6 Å². The second kappa shape index (κ2) is 9.46. The van der Waals surface area contributed by atoms with Gasteiger partial charge in [0, 0.05) is 24.7 Å². The van der Waals surface area contributed by atoms with Gasteiger partial charge in [0.1, 0.15) is 19.0 Å². The molecular formula is C16H22ClN3O4. The van der Waals surface area contributed by atoms with E-state index >= 15 is 0 Å². The highest BCUT2D eigenvalue weighted by molar-refractivity contribution is 6.28. The number of nitrogen functional groups attached to an aromatic ring is 1. The lowest BCUT2D eigenvalue weighted by molar-refractivity contribution is 0.100. The largest absolute Gasteiger partial charge is 0.487 e. The maximum Gasteiger partial charge on any atom is 0.224 e. The molecule has 0 atom stereocenters. The molecular weight excluding hydrogens is 334 g/mol. The van der Waals surface area contributed by atoms with Crippen LogP contribution in [0.15, 0.2) is 12.1 Å². The van der Waals surface area contributed by atoms with Gasteiger partial charge in [-0.05, 0) is 31.5 Å². The Morgan fingerprint density at radius 2 is 1.50 bits per heavy atom. The van der Waals surface area contributed by atoms with Gasteiger partial charge < -0.3 is 24.7 Å². The summed E-state index contributed by atoms with van der Waals surface area (Å²) in [6.45, 7) is 6.90. The van der Waals surface area contributed by atoms with Crippen LogP contribution in [0, 0.1) is 0 Å².